The van der Waals surface area contributed by atoms with Crippen LogP contribution >= 0.6 is 0 Å². The molecule has 0 heterocycles. The molecule has 0 spiro atoms. The van der Waals surface area contributed by atoms with E-state index in [-0.39, 0.29) is 6.67 Å². The third kappa shape index (κ3) is 5.19. The number of hydrogen-bond acceptors (Lipinski definition) is 4. The Balaban J connectivity index is 2.15. The minimum Gasteiger partial charge on any atom is -0.507 e. The van der Waals surface area contributed by atoms with Gasteiger partial charge in [0, 0.05) is 23.6 Å². The predicted octanol–water partition coefficient (Wildman–Crippen LogP) is 4.84. The monoisotopic (exact) mass is 366 g/mol. The molecule has 0 aliphatic rings. The van der Waals surface area contributed by atoms with E-state index in [0.717, 1.165) is 47.9 Å². The van der Waals surface area contributed by atoms with Crippen LogP contribution in [0.15, 0.2) is 34.3 Å². The Hall–Kier alpha value is -2.62. The number of phenols is 2. The first-order valence-electron chi connectivity index (χ1n) is 9.73. The topological polar surface area (TPSA) is 65.2 Å². The Bertz CT molecular complexity index is 769. The first-order valence-corrected chi connectivity index (χ1v) is 9.73. The van der Waals surface area contributed by atoms with Crippen LogP contribution in [0.3, 0.4) is 0 Å². The molecule has 0 aliphatic carbocycles. The molecule has 0 bridgehead atoms. The van der Waals surface area contributed by atoms with E-state index in [1.165, 1.54) is 11.1 Å². The van der Waals surface area contributed by atoms with E-state index in [9.17, 15) is 10.2 Å². The van der Waals surface area contributed by atoms with Crippen molar-refractivity contribution in [2.75, 3.05) is 6.67 Å². The van der Waals surface area contributed by atoms with Crippen molar-refractivity contribution in [3.63, 3.8) is 0 Å². The molecule has 0 radical (unpaired) electrons. The molecule has 4 nitrogen and oxygen atoms in total. The maximum atomic E-state index is 10.3. The molecule has 2 N–H and O–H groups in total. The molecule has 2 rings (SSSR count). The summed E-state index contributed by atoms with van der Waals surface area (Å²) in [5.41, 5.74) is 5.70. The van der Waals surface area contributed by atoms with Crippen molar-refractivity contribution in [2.45, 2.75) is 53.4 Å². The van der Waals surface area contributed by atoms with Crippen molar-refractivity contribution in [1.29, 1.82) is 0 Å². The van der Waals surface area contributed by atoms with Crippen LogP contribution in [-0.4, -0.2) is 29.3 Å². The third-order valence-electron chi connectivity index (χ3n) is 4.76. The summed E-state index contributed by atoms with van der Waals surface area (Å²) in [6.45, 7) is 8.49. The molecule has 27 heavy (non-hydrogen) atoms. The molecule has 0 aliphatic heterocycles. The highest BCUT2D eigenvalue weighted by Gasteiger charge is 2.07. The van der Waals surface area contributed by atoms with Crippen molar-refractivity contribution >= 4 is 12.4 Å². The minimum absolute atomic E-state index is 0.245. The number of hydrogen-bond donors (Lipinski definition) is 2. The lowest BCUT2D eigenvalue weighted by atomic mass is 10.0. The lowest BCUT2D eigenvalue weighted by Gasteiger charge is -2.08. The van der Waals surface area contributed by atoms with Crippen molar-refractivity contribution < 1.29 is 10.2 Å². The zero-order valence-corrected chi connectivity index (χ0v) is 16.8. The van der Waals surface area contributed by atoms with Crippen LogP contribution in [0.25, 0.3) is 0 Å². The highest BCUT2D eigenvalue weighted by atomic mass is 16.3. The van der Waals surface area contributed by atoms with Gasteiger partial charge < -0.3 is 10.2 Å². The smallest absolute Gasteiger partial charge is 0.129 e. The van der Waals surface area contributed by atoms with Gasteiger partial charge in [-0.15, -0.1) is 0 Å². The molecule has 0 unspecified atom stereocenters. The minimum atomic E-state index is 0.245. The Morgan fingerprint density at radius 1 is 0.667 bits per heavy atom. The molecule has 0 aromatic heterocycles. The van der Waals surface area contributed by atoms with Crippen LogP contribution in [0.5, 0.6) is 11.5 Å². The summed E-state index contributed by atoms with van der Waals surface area (Å²) in [6.07, 6.45) is 6.74. The van der Waals surface area contributed by atoms with Gasteiger partial charge in [-0.05, 0) is 60.1 Å². The van der Waals surface area contributed by atoms with E-state index < -0.39 is 0 Å². The number of aromatic hydroxyl groups is 2. The van der Waals surface area contributed by atoms with Crippen LogP contribution < -0.4 is 0 Å². The summed E-state index contributed by atoms with van der Waals surface area (Å²) < 4.78 is 0. The van der Waals surface area contributed by atoms with Gasteiger partial charge in [-0.1, -0.05) is 39.8 Å². The van der Waals surface area contributed by atoms with Gasteiger partial charge in [-0.3, -0.25) is 9.98 Å². The van der Waals surface area contributed by atoms with Crippen LogP contribution in [0.1, 0.15) is 61.1 Å². The molecule has 2 aromatic rings. The molecular formula is C23H30N2O2. The second-order valence-electron chi connectivity index (χ2n) is 6.56. The van der Waals surface area contributed by atoms with Crippen LogP contribution in [0.2, 0.25) is 0 Å². The quantitative estimate of drug-likeness (QED) is 0.656. The van der Waals surface area contributed by atoms with Crippen LogP contribution in [0.4, 0.5) is 0 Å². The zero-order valence-electron chi connectivity index (χ0n) is 16.8. The van der Waals surface area contributed by atoms with E-state index >= 15 is 0 Å². The number of aryl methyl sites for hydroxylation is 4. The fourth-order valence-corrected chi connectivity index (χ4v) is 3.04. The van der Waals surface area contributed by atoms with Crippen LogP contribution in [-0.2, 0) is 25.7 Å². The molecule has 0 saturated carbocycles. The summed E-state index contributed by atoms with van der Waals surface area (Å²) in [5.74, 6) is 0.589. The summed E-state index contributed by atoms with van der Waals surface area (Å²) in [5, 5.41) is 20.7. The lowest BCUT2D eigenvalue weighted by molar-refractivity contribution is 0.467. The van der Waals surface area contributed by atoms with Gasteiger partial charge in [-0.2, -0.15) is 0 Å². The molecule has 0 fully saturated rings. The fraction of sp³-hybridized carbons (Fsp3) is 0.391. The second kappa shape index (κ2) is 9.91. The first kappa shape index (κ1) is 20.7. The number of phenolic OH excluding ortho intramolecular Hbond substituents is 2. The van der Waals surface area contributed by atoms with E-state index in [1.54, 1.807) is 12.4 Å². The van der Waals surface area contributed by atoms with Crippen molar-refractivity contribution in [3.05, 3.63) is 57.6 Å². The van der Waals surface area contributed by atoms with E-state index in [4.69, 9.17) is 0 Å². The molecule has 2 aromatic carbocycles. The molecule has 0 amide bonds. The maximum Gasteiger partial charge on any atom is 0.129 e. The number of nitrogens with zero attached hydrogens (tertiary/aromatic N) is 2. The number of aliphatic imine (C=N–C) groups is 2. The molecule has 0 saturated heterocycles. The Kier molecular flexibility index (Phi) is 7.59. The van der Waals surface area contributed by atoms with Crippen molar-refractivity contribution in [2.24, 2.45) is 9.98 Å². The van der Waals surface area contributed by atoms with Gasteiger partial charge in [0.05, 0.1) is 0 Å². The standard InChI is InChI=1S/C23H30N2O2/c1-5-16-9-18(7-3)22(26)20(11-16)13-24-15-25-14-21-12-17(6-2)10-19(8-4)23(21)27/h9-14,26-27H,5-8,15H2,1-4H3. The summed E-state index contributed by atoms with van der Waals surface area (Å²) in [6, 6.07) is 8.01. The first-order chi connectivity index (χ1) is 13.0. The van der Waals surface area contributed by atoms with Crippen molar-refractivity contribution in [3.8, 4) is 11.5 Å². The lowest BCUT2D eigenvalue weighted by Crippen LogP contribution is -1.95. The summed E-state index contributed by atoms with van der Waals surface area (Å²) >= 11 is 0. The predicted molar refractivity (Wildman–Crippen MR) is 114 cm³/mol. The Morgan fingerprint density at radius 3 is 1.41 bits per heavy atom. The van der Waals surface area contributed by atoms with Gasteiger partial charge in [-0.25, -0.2) is 0 Å². The Labute approximate surface area is 162 Å². The summed E-state index contributed by atoms with van der Waals surface area (Å²) in [4.78, 5) is 8.64. The SMILES string of the molecule is CCc1cc(C=NCN=Cc2cc(CC)cc(CC)c2O)c(O)c(CC)c1. The van der Waals surface area contributed by atoms with Gasteiger partial charge in [0.1, 0.15) is 18.2 Å². The highest BCUT2D eigenvalue weighted by Crippen LogP contribution is 2.25. The zero-order chi connectivity index (χ0) is 19.8. The van der Waals surface area contributed by atoms with E-state index in [2.05, 4.69) is 23.8 Å². The fourth-order valence-electron chi connectivity index (χ4n) is 3.04. The maximum absolute atomic E-state index is 10.3. The number of benzene rings is 2. The molecule has 4 heteroatoms. The normalized spacial score (nSPS) is 11.7. The van der Waals surface area contributed by atoms with Crippen molar-refractivity contribution in [1.82, 2.24) is 0 Å². The van der Waals surface area contributed by atoms with E-state index in [0.29, 0.717) is 11.5 Å². The third-order valence-corrected chi connectivity index (χ3v) is 4.76. The van der Waals surface area contributed by atoms with Gasteiger partial charge in [0.15, 0.2) is 0 Å². The van der Waals surface area contributed by atoms with Gasteiger partial charge in [0.2, 0.25) is 0 Å². The van der Waals surface area contributed by atoms with Gasteiger partial charge in [0.25, 0.3) is 0 Å². The average Bonchev–Trinajstić information content (AvgIpc) is 2.69. The Morgan fingerprint density at radius 2 is 1.07 bits per heavy atom. The average molecular weight is 367 g/mol. The van der Waals surface area contributed by atoms with Gasteiger partial charge >= 0.3 is 0 Å². The highest BCUT2D eigenvalue weighted by molar-refractivity contribution is 5.86. The van der Waals surface area contributed by atoms with Crippen LogP contribution in [0, 0.1) is 0 Å². The molecule has 144 valence electrons. The number of rotatable bonds is 8. The molecule has 0 atom stereocenters. The summed E-state index contributed by atoms with van der Waals surface area (Å²) in [7, 11) is 0. The second-order valence-corrected chi connectivity index (χ2v) is 6.56. The van der Waals surface area contributed by atoms with E-state index in [1.807, 2.05) is 38.1 Å². The largest absolute Gasteiger partial charge is 0.507 e. The molecular weight excluding hydrogens is 336 g/mol.